The van der Waals surface area contributed by atoms with Crippen molar-refractivity contribution in [2.75, 3.05) is 18.1 Å². The van der Waals surface area contributed by atoms with Crippen LogP contribution in [0.3, 0.4) is 0 Å². The van der Waals surface area contributed by atoms with E-state index in [1.54, 1.807) is 65.6 Å². The molecule has 3 aromatic carbocycles. The smallest absolute Gasteiger partial charge is 0.303 e. The minimum atomic E-state index is -1.07. The van der Waals surface area contributed by atoms with Gasteiger partial charge in [-0.1, -0.05) is 47.5 Å². The molecule has 3 aromatic rings. The molecule has 0 radical (unpaired) electrons. The van der Waals surface area contributed by atoms with Crippen LogP contribution in [0, 0.1) is 3.57 Å². The summed E-state index contributed by atoms with van der Waals surface area (Å²) >= 11 is 14.3. The van der Waals surface area contributed by atoms with E-state index in [0.717, 1.165) is 3.57 Å². The van der Waals surface area contributed by atoms with Gasteiger partial charge in [-0.15, -0.1) is 0 Å². The first-order valence-corrected chi connectivity index (χ1v) is 13.8. The van der Waals surface area contributed by atoms with Crippen LogP contribution in [0.1, 0.15) is 52.8 Å². The lowest BCUT2D eigenvalue weighted by molar-refractivity contribution is -0.137. The van der Waals surface area contributed by atoms with E-state index in [1.807, 2.05) is 6.07 Å². The molecule has 4 rings (SSSR count). The van der Waals surface area contributed by atoms with E-state index in [2.05, 4.69) is 22.6 Å². The first-order chi connectivity index (χ1) is 18.2. The molecule has 0 aliphatic carbocycles. The van der Waals surface area contributed by atoms with E-state index < -0.39 is 30.6 Å². The summed E-state index contributed by atoms with van der Waals surface area (Å²) in [7, 11) is 0. The number of anilines is 1. The van der Waals surface area contributed by atoms with Crippen LogP contribution in [0.2, 0.25) is 10.0 Å². The summed E-state index contributed by atoms with van der Waals surface area (Å²) in [5.41, 5.74) is 1.94. The Morgan fingerprint density at radius 1 is 0.947 bits per heavy atom. The van der Waals surface area contributed by atoms with Crippen molar-refractivity contribution < 1.29 is 24.6 Å². The normalized spacial score (nSPS) is 16.3. The summed E-state index contributed by atoms with van der Waals surface area (Å²) in [4.78, 5) is 42.7. The molecule has 198 valence electrons. The Balaban J connectivity index is 1.88. The van der Waals surface area contributed by atoms with Crippen molar-refractivity contribution in [3.8, 4) is 0 Å². The van der Waals surface area contributed by atoms with Gasteiger partial charge in [0.15, 0.2) is 0 Å². The van der Waals surface area contributed by atoms with Crippen molar-refractivity contribution in [2.24, 2.45) is 0 Å². The molecule has 0 spiro atoms. The van der Waals surface area contributed by atoms with E-state index >= 15 is 0 Å². The second-order valence-electron chi connectivity index (χ2n) is 8.92. The molecule has 0 saturated heterocycles. The number of amides is 2. The average Bonchev–Trinajstić information content (AvgIpc) is 2.97. The standard InChI is InChI=1S/C28H25Cl2IN2O5/c29-19-8-4-17(5-9-19)24(16-34)33-26(18-6-10-20(30)11-7-18)28(38)32(14-2-1-3-25(35)36)23-13-12-21(31)15-22(23)27(33)37/h4-13,15,24,26,34H,1-3,14,16H2,(H,35,36)/t24-,26?/m1/s1. The Morgan fingerprint density at radius 3 is 2.18 bits per heavy atom. The fraction of sp³-hybridized carbons (Fsp3) is 0.250. The lowest BCUT2D eigenvalue weighted by Crippen LogP contribution is -2.45. The van der Waals surface area contributed by atoms with E-state index in [-0.39, 0.29) is 18.9 Å². The van der Waals surface area contributed by atoms with Crippen molar-refractivity contribution in [3.05, 3.63) is 97.0 Å². The van der Waals surface area contributed by atoms with Crippen LogP contribution in [0.5, 0.6) is 0 Å². The average molecular weight is 667 g/mol. The van der Waals surface area contributed by atoms with Gasteiger partial charge in [0, 0.05) is 26.6 Å². The van der Waals surface area contributed by atoms with Gasteiger partial charge in [0.25, 0.3) is 11.8 Å². The molecule has 7 nitrogen and oxygen atoms in total. The predicted molar refractivity (Wildman–Crippen MR) is 155 cm³/mol. The second-order valence-corrected chi connectivity index (χ2v) is 11.0. The van der Waals surface area contributed by atoms with Crippen LogP contribution < -0.4 is 4.90 Å². The third-order valence-electron chi connectivity index (χ3n) is 6.46. The highest BCUT2D eigenvalue weighted by molar-refractivity contribution is 14.1. The molecular formula is C28H25Cl2IN2O5. The van der Waals surface area contributed by atoms with Gasteiger partial charge in [-0.2, -0.15) is 0 Å². The third kappa shape index (κ3) is 6.14. The number of fused-ring (bicyclic) bond motifs is 1. The number of rotatable bonds is 9. The molecule has 1 unspecified atom stereocenters. The van der Waals surface area contributed by atoms with Crippen molar-refractivity contribution >= 4 is 69.3 Å². The number of aliphatic hydroxyl groups excluding tert-OH is 1. The molecule has 1 aliphatic heterocycles. The van der Waals surface area contributed by atoms with Crippen molar-refractivity contribution in [2.45, 2.75) is 31.3 Å². The maximum absolute atomic E-state index is 14.3. The van der Waals surface area contributed by atoms with E-state index in [4.69, 9.17) is 28.3 Å². The molecule has 1 aliphatic rings. The number of unbranched alkanes of at least 4 members (excludes halogenated alkanes) is 1. The van der Waals surface area contributed by atoms with Gasteiger partial charge in [-0.3, -0.25) is 14.4 Å². The summed E-state index contributed by atoms with van der Waals surface area (Å²) in [5.74, 6) is -1.67. The minimum Gasteiger partial charge on any atom is -0.481 e. The quantitative estimate of drug-likeness (QED) is 0.212. The zero-order chi connectivity index (χ0) is 27.4. The highest BCUT2D eigenvalue weighted by Crippen LogP contribution is 2.40. The van der Waals surface area contributed by atoms with Crippen LogP contribution in [0.15, 0.2) is 66.7 Å². The Labute approximate surface area is 244 Å². The Morgan fingerprint density at radius 2 is 1.58 bits per heavy atom. The van der Waals surface area contributed by atoms with Gasteiger partial charge in [0.05, 0.1) is 23.9 Å². The zero-order valence-corrected chi connectivity index (χ0v) is 23.9. The molecule has 2 atom stereocenters. The van der Waals surface area contributed by atoms with Gasteiger partial charge in [-0.05, 0) is 89.0 Å². The first kappa shape index (κ1) is 28.4. The second kappa shape index (κ2) is 12.5. The number of benzene rings is 3. The van der Waals surface area contributed by atoms with Crippen LogP contribution in [0.4, 0.5) is 5.69 Å². The third-order valence-corrected chi connectivity index (χ3v) is 7.64. The van der Waals surface area contributed by atoms with E-state index in [1.165, 1.54) is 4.90 Å². The number of hydrogen-bond donors (Lipinski definition) is 2. The Kier molecular flexibility index (Phi) is 9.30. The summed E-state index contributed by atoms with van der Waals surface area (Å²) < 4.78 is 0.810. The minimum absolute atomic E-state index is 0.0175. The van der Waals surface area contributed by atoms with Crippen LogP contribution >= 0.6 is 45.8 Å². The number of carboxylic acids is 1. The molecule has 2 N–H and O–H groups in total. The van der Waals surface area contributed by atoms with Gasteiger partial charge < -0.3 is 20.0 Å². The predicted octanol–water partition coefficient (Wildman–Crippen LogP) is 6.12. The molecule has 38 heavy (non-hydrogen) atoms. The summed E-state index contributed by atoms with van der Waals surface area (Å²) in [6.45, 7) is -0.196. The number of aliphatic carboxylic acids is 1. The number of nitrogens with zero attached hydrogens (tertiary/aromatic N) is 2. The number of hydrogen-bond acceptors (Lipinski definition) is 4. The lowest BCUT2D eigenvalue weighted by atomic mass is 9.98. The fourth-order valence-corrected chi connectivity index (χ4v) is 5.39. The monoisotopic (exact) mass is 666 g/mol. The highest BCUT2D eigenvalue weighted by Gasteiger charge is 2.43. The molecular weight excluding hydrogens is 642 g/mol. The number of carbonyl (C=O) groups is 3. The SMILES string of the molecule is O=C(O)CCCCN1C(=O)C(c2ccc(Cl)cc2)N([C@H](CO)c2ccc(Cl)cc2)C(=O)c2cc(I)ccc21. The van der Waals surface area contributed by atoms with E-state index in [0.29, 0.717) is 45.3 Å². The molecule has 1 heterocycles. The molecule has 0 saturated carbocycles. The summed E-state index contributed by atoms with van der Waals surface area (Å²) in [6.07, 6.45) is 0.800. The first-order valence-electron chi connectivity index (χ1n) is 12.0. The Hall–Kier alpha value is -2.66. The van der Waals surface area contributed by atoms with E-state index in [9.17, 15) is 19.5 Å². The maximum Gasteiger partial charge on any atom is 0.303 e. The maximum atomic E-state index is 14.3. The summed E-state index contributed by atoms with van der Waals surface area (Å²) in [5, 5.41) is 20.6. The molecule has 0 fully saturated rings. The fourth-order valence-electron chi connectivity index (χ4n) is 4.64. The summed E-state index contributed by atoms with van der Waals surface area (Å²) in [6, 6.07) is 16.9. The van der Waals surface area contributed by atoms with Crippen molar-refractivity contribution in [1.29, 1.82) is 0 Å². The highest BCUT2D eigenvalue weighted by atomic mass is 127. The molecule has 10 heteroatoms. The zero-order valence-electron chi connectivity index (χ0n) is 20.2. The molecule has 2 amide bonds. The van der Waals surface area contributed by atoms with Crippen LogP contribution in [0.25, 0.3) is 0 Å². The van der Waals surface area contributed by atoms with Crippen molar-refractivity contribution in [1.82, 2.24) is 4.90 Å². The van der Waals surface area contributed by atoms with Gasteiger partial charge in [0.1, 0.15) is 6.04 Å². The Bertz CT molecular complexity index is 1330. The molecule has 0 bridgehead atoms. The van der Waals surface area contributed by atoms with Crippen LogP contribution in [-0.2, 0) is 9.59 Å². The lowest BCUT2D eigenvalue weighted by Gasteiger charge is -2.36. The van der Waals surface area contributed by atoms with Crippen molar-refractivity contribution in [3.63, 3.8) is 0 Å². The molecule has 0 aromatic heterocycles. The number of carbonyl (C=O) groups excluding carboxylic acids is 2. The van der Waals surface area contributed by atoms with Gasteiger partial charge in [-0.25, -0.2) is 0 Å². The van der Waals surface area contributed by atoms with Gasteiger partial charge in [0.2, 0.25) is 0 Å². The van der Waals surface area contributed by atoms with Crippen LogP contribution in [-0.4, -0.2) is 46.0 Å². The number of halogens is 3. The topological polar surface area (TPSA) is 98.2 Å². The number of carboxylic acid groups (broad SMARTS) is 1. The van der Waals surface area contributed by atoms with Gasteiger partial charge >= 0.3 is 5.97 Å². The largest absolute Gasteiger partial charge is 0.481 e. The number of aliphatic hydroxyl groups is 1.